The van der Waals surface area contributed by atoms with Gasteiger partial charge in [-0.05, 0) is 42.7 Å². The number of urea groups is 1. The molecule has 2 N–H and O–H groups in total. The lowest BCUT2D eigenvalue weighted by Gasteiger charge is -2.18. The van der Waals surface area contributed by atoms with Crippen LogP contribution in [0.4, 0.5) is 16.2 Å². The zero-order valence-corrected chi connectivity index (χ0v) is 15.5. The van der Waals surface area contributed by atoms with Gasteiger partial charge in [-0.3, -0.25) is 4.79 Å². The predicted molar refractivity (Wildman–Crippen MR) is 104 cm³/mol. The van der Waals surface area contributed by atoms with Crippen LogP contribution in [0.15, 0.2) is 53.4 Å². The van der Waals surface area contributed by atoms with Crippen LogP contribution >= 0.6 is 11.8 Å². The molecule has 1 fully saturated rings. The monoisotopic (exact) mass is 371 g/mol. The molecule has 0 aliphatic carbocycles. The first-order chi connectivity index (χ1) is 12.6. The zero-order chi connectivity index (χ0) is 18.5. The number of carbonyl (C=O) groups is 2. The van der Waals surface area contributed by atoms with Crippen LogP contribution in [-0.4, -0.2) is 37.9 Å². The highest BCUT2D eigenvalue weighted by Crippen LogP contribution is 2.26. The van der Waals surface area contributed by atoms with E-state index in [0.717, 1.165) is 22.0 Å². The standard InChI is InChI=1S/C19H21N3O3S/c1-25-15-9-7-14(8-10-15)22-12-13(11-18(22)23)20-19(24)21-16-5-3-4-6-17(16)26-2/h3-10,13H,11-12H2,1-2H3,(H2,20,21,24)/t13-/m0/s1. The van der Waals surface area contributed by atoms with Gasteiger partial charge in [0.2, 0.25) is 5.91 Å². The van der Waals surface area contributed by atoms with Gasteiger partial charge in [0.25, 0.3) is 0 Å². The van der Waals surface area contributed by atoms with Gasteiger partial charge in [-0.25, -0.2) is 4.79 Å². The minimum atomic E-state index is -0.305. The zero-order valence-electron chi connectivity index (χ0n) is 14.7. The maximum atomic E-state index is 12.3. The van der Waals surface area contributed by atoms with Crippen molar-refractivity contribution in [2.45, 2.75) is 17.4 Å². The summed E-state index contributed by atoms with van der Waals surface area (Å²) < 4.78 is 5.14. The average molecular weight is 371 g/mol. The summed E-state index contributed by atoms with van der Waals surface area (Å²) in [4.78, 5) is 27.3. The molecule has 26 heavy (non-hydrogen) atoms. The highest BCUT2D eigenvalue weighted by molar-refractivity contribution is 7.98. The number of methoxy groups -OCH3 is 1. The van der Waals surface area contributed by atoms with Gasteiger partial charge in [-0.15, -0.1) is 11.8 Å². The van der Waals surface area contributed by atoms with E-state index in [0.29, 0.717) is 6.54 Å². The molecule has 2 aromatic carbocycles. The molecular weight excluding hydrogens is 350 g/mol. The number of anilines is 2. The van der Waals surface area contributed by atoms with Crippen molar-refractivity contribution in [3.63, 3.8) is 0 Å². The van der Waals surface area contributed by atoms with Crippen molar-refractivity contribution >= 4 is 35.1 Å². The molecule has 0 saturated carbocycles. The highest BCUT2D eigenvalue weighted by atomic mass is 32.2. The maximum Gasteiger partial charge on any atom is 0.319 e. The number of para-hydroxylation sites is 1. The van der Waals surface area contributed by atoms with E-state index < -0.39 is 0 Å². The normalized spacial score (nSPS) is 16.5. The fourth-order valence-corrected chi connectivity index (χ4v) is 3.46. The Morgan fingerprint density at radius 2 is 1.92 bits per heavy atom. The fourth-order valence-electron chi connectivity index (χ4n) is 2.91. The van der Waals surface area contributed by atoms with E-state index in [-0.39, 0.29) is 24.4 Å². The summed E-state index contributed by atoms with van der Waals surface area (Å²) in [7, 11) is 1.60. The smallest absolute Gasteiger partial charge is 0.319 e. The van der Waals surface area contributed by atoms with Gasteiger partial charge >= 0.3 is 6.03 Å². The second-order valence-corrected chi connectivity index (χ2v) is 6.75. The SMILES string of the molecule is COc1ccc(N2C[C@@H](NC(=O)Nc3ccccc3SC)CC2=O)cc1. The largest absolute Gasteiger partial charge is 0.497 e. The number of carbonyl (C=O) groups excluding carboxylic acids is 2. The second-order valence-electron chi connectivity index (χ2n) is 5.90. The molecule has 6 nitrogen and oxygen atoms in total. The summed E-state index contributed by atoms with van der Waals surface area (Å²) in [5.41, 5.74) is 1.56. The van der Waals surface area contributed by atoms with E-state index in [4.69, 9.17) is 4.74 Å². The summed E-state index contributed by atoms with van der Waals surface area (Å²) in [5, 5.41) is 5.74. The lowest BCUT2D eigenvalue weighted by Crippen LogP contribution is -2.39. The first-order valence-electron chi connectivity index (χ1n) is 8.25. The first kappa shape index (κ1) is 18.1. The van der Waals surface area contributed by atoms with Crippen LogP contribution in [0.2, 0.25) is 0 Å². The van der Waals surface area contributed by atoms with Gasteiger partial charge in [-0.1, -0.05) is 12.1 Å². The molecule has 3 rings (SSSR count). The summed E-state index contributed by atoms with van der Waals surface area (Å²) in [5.74, 6) is 0.729. The van der Waals surface area contributed by atoms with Crippen LogP contribution < -0.4 is 20.3 Å². The second kappa shape index (κ2) is 8.14. The third-order valence-corrected chi connectivity index (χ3v) is 5.00. The number of ether oxygens (including phenoxy) is 1. The topological polar surface area (TPSA) is 70.7 Å². The van der Waals surface area contributed by atoms with Gasteiger partial charge in [0.1, 0.15) is 5.75 Å². The summed E-state index contributed by atoms with van der Waals surface area (Å²) >= 11 is 1.57. The van der Waals surface area contributed by atoms with Crippen LogP contribution in [0.1, 0.15) is 6.42 Å². The van der Waals surface area contributed by atoms with E-state index in [9.17, 15) is 9.59 Å². The molecule has 136 valence electrons. The Bertz CT molecular complexity index is 795. The molecule has 0 bridgehead atoms. The predicted octanol–water partition coefficient (Wildman–Crippen LogP) is 3.34. The molecular formula is C19H21N3O3S. The van der Waals surface area contributed by atoms with Crippen LogP contribution in [0.5, 0.6) is 5.75 Å². The van der Waals surface area contributed by atoms with E-state index in [1.54, 1.807) is 23.8 Å². The third-order valence-electron chi connectivity index (χ3n) is 4.20. The Morgan fingerprint density at radius 3 is 2.62 bits per heavy atom. The van der Waals surface area contributed by atoms with Crippen molar-refractivity contribution in [1.29, 1.82) is 0 Å². The van der Waals surface area contributed by atoms with Gasteiger partial charge < -0.3 is 20.3 Å². The number of thioether (sulfide) groups is 1. The molecule has 1 heterocycles. The summed E-state index contributed by atoms with van der Waals surface area (Å²) in [6, 6.07) is 14.4. The molecule has 7 heteroatoms. The number of nitrogens with zero attached hydrogens (tertiary/aromatic N) is 1. The maximum absolute atomic E-state index is 12.3. The Morgan fingerprint density at radius 1 is 1.19 bits per heavy atom. The van der Waals surface area contributed by atoms with Gasteiger partial charge in [-0.2, -0.15) is 0 Å². The van der Waals surface area contributed by atoms with Crippen LogP contribution in [0.3, 0.4) is 0 Å². The molecule has 0 spiro atoms. The number of amides is 3. The van der Waals surface area contributed by atoms with E-state index >= 15 is 0 Å². The van der Waals surface area contributed by atoms with Gasteiger partial charge in [0, 0.05) is 23.5 Å². The quantitative estimate of drug-likeness (QED) is 0.791. The minimum Gasteiger partial charge on any atom is -0.497 e. The number of benzene rings is 2. The summed E-state index contributed by atoms with van der Waals surface area (Å²) in [6.07, 6.45) is 2.24. The van der Waals surface area contributed by atoms with Crippen molar-refractivity contribution in [3.05, 3.63) is 48.5 Å². The fraction of sp³-hybridized carbons (Fsp3) is 0.263. The molecule has 1 saturated heterocycles. The van der Waals surface area contributed by atoms with Crippen molar-refractivity contribution in [1.82, 2.24) is 5.32 Å². The molecule has 0 aromatic heterocycles. The Labute approximate surface area is 156 Å². The van der Waals surface area contributed by atoms with Crippen molar-refractivity contribution in [2.24, 2.45) is 0 Å². The number of hydrogen-bond donors (Lipinski definition) is 2. The molecule has 1 aliphatic heterocycles. The van der Waals surface area contributed by atoms with Gasteiger partial charge in [0.15, 0.2) is 0 Å². The minimum absolute atomic E-state index is 0.00928. The highest BCUT2D eigenvalue weighted by Gasteiger charge is 2.31. The lowest BCUT2D eigenvalue weighted by molar-refractivity contribution is -0.117. The van der Waals surface area contributed by atoms with Gasteiger partial charge in [0.05, 0.1) is 18.8 Å². The number of rotatable bonds is 5. The van der Waals surface area contributed by atoms with Crippen LogP contribution in [-0.2, 0) is 4.79 Å². The van der Waals surface area contributed by atoms with E-state index in [2.05, 4.69) is 10.6 Å². The Kier molecular flexibility index (Phi) is 5.68. The lowest BCUT2D eigenvalue weighted by atomic mass is 10.2. The number of nitrogens with one attached hydrogen (secondary N) is 2. The Hall–Kier alpha value is -2.67. The third kappa shape index (κ3) is 4.11. The molecule has 3 amide bonds. The molecule has 1 atom stereocenters. The average Bonchev–Trinajstić information content (AvgIpc) is 3.02. The number of hydrogen-bond acceptors (Lipinski definition) is 4. The van der Waals surface area contributed by atoms with Crippen molar-refractivity contribution in [3.8, 4) is 5.75 Å². The van der Waals surface area contributed by atoms with Crippen LogP contribution in [0.25, 0.3) is 0 Å². The van der Waals surface area contributed by atoms with E-state index in [1.807, 2.05) is 54.8 Å². The molecule has 1 aliphatic rings. The molecule has 0 unspecified atom stereocenters. The summed E-state index contributed by atoms with van der Waals surface area (Å²) in [6.45, 7) is 0.447. The van der Waals surface area contributed by atoms with Crippen molar-refractivity contribution < 1.29 is 14.3 Å². The van der Waals surface area contributed by atoms with Crippen LogP contribution in [0, 0.1) is 0 Å². The van der Waals surface area contributed by atoms with Crippen molar-refractivity contribution in [2.75, 3.05) is 30.1 Å². The first-order valence-corrected chi connectivity index (χ1v) is 9.48. The Balaban J connectivity index is 1.60. The molecule has 0 radical (unpaired) electrons. The van der Waals surface area contributed by atoms with E-state index in [1.165, 1.54) is 0 Å². The molecule has 2 aromatic rings.